The molecule has 1 heterocycles. The molecule has 2 aromatic rings. The number of benzene rings is 1. The largest absolute Gasteiger partial charge is 0.475 e. The van der Waals surface area contributed by atoms with Crippen molar-refractivity contribution in [3.8, 4) is 0 Å². The van der Waals surface area contributed by atoms with Gasteiger partial charge in [0.25, 0.3) is 0 Å². The van der Waals surface area contributed by atoms with Crippen molar-refractivity contribution >= 4 is 17.6 Å². The number of hydrogen-bond donors (Lipinski definition) is 1. The first-order valence-electron chi connectivity index (χ1n) is 4.59. The Kier molecular flexibility index (Phi) is 2.92. The fraction of sp³-hybridized carbons (Fsp3) is 0.0909. The predicted molar refractivity (Wildman–Crippen MR) is 57.7 cm³/mol. The van der Waals surface area contributed by atoms with Crippen LogP contribution in [0, 0.1) is 0 Å². The molecule has 0 radical (unpaired) electrons. The molecule has 1 aromatic carbocycles. The van der Waals surface area contributed by atoms with Gasteiger partial charge in [-0.05, 0) is 11.6 Å². The fourth-order valence-electron chi connectivity index (χ4n) is 1.33. The summed E-state index contributed by atoms with van der Waals surface area (Å²) in [7, 11) is 0. The van der Waals surface area contributed by atoms with E-state index in [2.05, 4.69) is 9.68 Å². The molecule has 0 saturated heterocycles. The Balaban J connectivity index is 2.21. The fourth-order valence-corrected chi connectivity index (χ4v) is 1.54. The molecule has 0 saturated carbocycles. The molecule has 5 heteroatoms. The number of aromatic carboxylic acids is 1. The number of carbonyl (C=O) groups is 1. The lowest BCUT2D eigenvalue weighted by Crippen LogP contribution is -1.92. The summed E-state index contributed by atoms with van der Waals surface area (Å²) in [5.41, 5.74) is 1.43. The van der Waals surface area contributed by atoms with E-state index in [1.165, 1.54) is 6.07 Å². The van der Waals surface area contributed by atoms with Gasteiger partial charge in [0.1, 0.15) is 0 Å². The maximum Gasteiger partial charge on any atom is 0.374 e. The van der Waals surface area contributed by atoms with Gasteiger partial charge in [-0.15, -0.1) is 0 Å². The van der Waals surface area contributed by atoms with Crippen LogP contribution in [0.5, 0.6) is 0 Å². The van der Waals surface area contributed by atoms with Crippen molar-refractivity contribution in [2.75, 3.05) is 0 Å². The molecule has 0 aliphatic heterocycles. The van der Waals surface area contributed by atoms with Gasteiger partial charge in [0.15, 0.2) is 0 Å². The zero-order valence-corrected chi connectivity index (χ0v) is 8.94. The number of carboxylic acid groups (broad SMARTS) is 1. The highest BCUT2D eigenvalue weighted by Crippen LogP contribution is 2.18. The van der Waals surface area contributed by atoms with Crippen LogP contribution in [0.3, 0.4) is 0 Å². The Morgan fingerprint density at radius 2 is 2.19 bits per heavy atom. The first-order chi connectivity index (χ1) is 7.66. The van der Waals surface area contributed by atoms with E-state index in [1.807, 2.05) is 18.2 Å². The van der Waals surface area contributed by atoms with Crippen LogP contribution in [0.15, 0.2) is 34.9 Å². The maximum atomic E-state index is 10.6. The first-order valence-corrected chi connectivity index (χ1v) is 4.97. The summed E-state index contributed by atoms with van der Waals surface area (Å²) in [6, 6.07) is 8.72. The Bertz CT molecular complexity index is 521. The van der Waals surface area contributed by atoms with Crippen LogP contribution < -0.4 is 0 Å². The number of carboxylic acids is 1. The normalized spacial score (nSPS) is 10.3. The molecule has 0 aliphatic carbocycles. The minimum Gasteiger partial charge on any atom is -0.475 e. The number of rotatable bonds is 3. The molecule has 1 aromatic heterocycles. The van der Waals surface area contributed by atoms with Gasteiger partial charge in [-0.2, -0.15) is 0 Å². The lowest BCUT2D eigenvalue weighted by atomic mass is 10.1. The standard InChI is InChI=1S/C11H8ClNO3/c12-9-4-2-1-3-7(9)5-8-6-10(11(14)15)16-13-8/h1-4,6H,5H2,(H,14,15). The summed E-state index contributed by atoms with van der Waals surface area (Å²) < 4.78 is 4.65. The average molecular weight is 238 g/mol. The summed E-state index contributed by atoms with van der Waals surface area (Å²) >= 11 is 5.97. The van der Waals surface area contributed by atoms with E-state index in [0.717, 1.165) is 5.56 Å². The molecule has 0 atom stereocenters. The van der Waals surface area contributed by atoms with Crippen LogP contribution >= 0.6 is 11.6 Å². The van der Waals surface area contributed by atoms with Gasteiger partial charge in [-0.25, -0.2) is 4.79 Å². The van der Waals surface area contributed by atoms with Gasteiger partial charge >= 0.3 is 5.97 Å². The first kappa shape index (κ1) is 10.7. The van der Waals surface area contributed by atoms with Gasteiger partial charge in [-0.1, -0.05) is 35.0 Å². The van der Waals surface area contributed by atoms with Crippen molar-refractivity contribution in [3.63, 3.8) is 0 Å². The quantitative estimate of drug-likeness (QED) is 0.891. The lowest BCUT2D eigenvalue weighted by Gasteiger charge is -1.99. The molecular formula is C11H8ClNO3. The molecule has 0 aliphatic rings. The number of nitrogens with zero attached hydrogens (tertiary/aromatic N) is 1. The second-order valence-corrected chi connectivity index (χ2v) is 3.66. The zero-order valence-electron chi connectivity index (χ0n) is 8.18. The second-order valence-electron chi connectivity index (χ2n) is 3.26. The molecule has 1 N–H and O–H groups in total. The van der Waals surface area contributed by atoms with Crippen molar-refractivity contribution < 1.29 is 14.4 Å². The molecule has 0 unspecified atom stereocenters. The third-order valence-corrected chi connectivity index (χ3v) is 2.47. The number of aromatic nitrogens is 1. The third kappa shape index (κ3) is 2.23. The minimum absolute atomic E-state index is 0.165. The SMILES string of the molecule is O=C(O)c1cc(Cc2ccccc2Cl)no1. The molecule has 0 fully saturated rings. The maximum absolute atomic E-state index is 10.6. The van der Waals surface area contributed by atoms with Crippen molar-refractivity contribution in [3.05, 3.63) is 52.4 Å². The van der Waals surface area contributed by atoms with Crippen LogP contribution in [-0.2, 0) is 6.42 Å². The van der Waals surface area contributed by atoms with Gasteiger partial charge in [0.05, 0.1) is 5.69 Å². The smallest absolute Gasteiger partial charge is 0.374 e. The Labute approximate surface area is 96.4 Å². The molecular weight excluding hydrogens is 230 g/mol. The van der Waals surface area contributed by atoms with Crippen LogP contribution in [-0.4, -0.2) is 16.2 Å². The molecule has 16 heavy (non-hydrogen) atoms. The van der Waals surface area contributed by atoms with Crippen LogP contribution in [0.2, 0.25) is 5.02 Å². The predicted octanol–water partition coefficient (Wildman–Crippen LogP) is 2.62. The van der Waals surface area contributed by atoms with Crippen LogP contribution in [0.25, 0.3) is 0 Å². The molecule has 0 amide bonds. The molecule has 0 bridgehead atoms. The van der Waals surface area contributed by atoms with E-state index < -0.39 is 5.97 Å². The van der Waals surface area contributed by atoms with Crippen molar-refractivity contribution in [1.82, 2.24) is 5.16 Å². The second kappa shape index (κ2) is 4.37. The summed E-state index contributed by atoms with van der Waals surface area (Å²) in [5, 5.41) is 12.9. The highest BCUT2D eigenvalue weighted by Gasteiger charge is 2.11. The number of halogens is 1. The highest BCUT2D eigenvalue weighted by atomic mass is 35.5. The molecule has 0 spiro atoms. The zero-order chi connectivity index (χ0) is 11.5. The van der Waals surface area contributed by atoms with E-state index in [9.17, 15) is 4.79 Å². The number of hydrogen-bond acceptors (Lipinski definition) is 3. The Hall–Kier alpha value is -1.81. The van der Waals surface area contributed by atoms with E-state index in [1.54, 1.807) is 6.07 Å². The van der Waals surface area contributed by atoms with Gasteiger partial charge in [-0.3, -0.25) is 0 Å². The topological polar surface area (TPSA) is 63.3 Å². The van der Waals surface area contributed by atoms with Crippen LogP contribution in [0.1, 0.15) is 21.8 Å². The van der Waals surface area contributed by atoms with Crippen LogP contribution in [0.4, 0.5) is 0 Å². The van der Waals surface area contributed by atoms with E-state index >= 15 is 0 Å². The summed E-state index contributed by atoms with van der Waals surface area (Å²) in [4.78, 5) is 10.6. The lowest BCUT2D eigenvalue weighted by molar-refractivity contribution is 0.0652. The van der Waals surface area contributed by atoms with Crippen molar-refractivity contribution in [2.45, 2.75) is 6.42 Å². The van der Waals surface area contributed by atoms with Crippen molar-refractivity contribution in [2.24, 2.45) is 0 Å². The highest BCUT2D eigenvalue weighted by molar-refractivity contribution is 6.31. The Morgan fingerprint density at radius 3 is 2.81 bits per heavy atom. The Morgan fingerprint density at radius 1 is 1.44 bits per heavy atom. The minimum atomic E-state index is -1.13. The summed E-state index contributed by atoms with van der Waals surface area (Å²) in [6.45, 7) is 0. The van der Waals surface area contributed by atoms with Gasteiger partial charge < -0.3 is 9.63 Å². The monoisotopic (exact) mass is 237 g/mol. The molecule has 4 nitrogen and oxygen atoms in total. The molecule has 2 rings (SSSR count). The average Bonchev–Trinajstić information content (AvgIpc) is 2.70. The van der Waals surface area contributed by atoms with E-state index in [-0.39, 0.29) is 5.76 Å². The molecule has 82 valence electrons. The summed E-state index contributed by atoms with van der Waals surface area (Å²) in [5.74, 6) is -1.29. The van der Waals surface area contributed by atoms with E-state index in [4.69, 9.17) is 16.7 Å². The van der Waals surface area contributed by atoms with Gasteiger partial charge in [0, 0.05) is 17.5 Å². The summed E-state index contributed by atoms with van der Waals surface area (Å²) in [6.07, 6.45) is 0.455. The van der Waals surface area contributed by atoms with Gasteiger partial charge in [0.2, 0.25) is 5.76 Å². The third-order valence-electron chi connectivity index (χ3n) is 2.10. The van der Waals surface area contributed by atoms with Crippen molar-refractivity contribution in [1.29, 1.82) is 0 Å². The van der Waals surface area contributed by atoms with E-state index in [0.29, 0.717) is 17.1 Å².